The summed E-state index contributed by atoms with van der Waals surface area (Å²) in [6.07, 6.45) is 1.91. The van der Waals surface area contributed by atoms with Gasteiger partial charge in [-0.25, -0.2) is 8.42 Å². The molecule has 1 amide bonds. The van der Waals surface area contributed by atoms with Crippen LogP contribution in [-0.4, -0.2) is 38.5 Å². The molecule has 2 rings (SSSR count). The summed E-state index contributed by atoms with van der Waals surface area (Å²) in [6, 6.07) is 5.43. The average molecular weight is 353 g/mol. The highest BCUT2D eigenvalue weighted by molar-refractivity contribution is 7.91. The molecule has 0 unspecified atom stereocenters. The van der Waals surface area contributed by atoms with E-state index in [1.165, 1.54) is 0 Å². The van der Waals surface area contributed by atoms with E-state index in [0.29, 0.717) is 25.0 Å². The van der Waals surface area contributed by atoms with Gasteiger partial charge in [0.2, 0.25) is 0 Å². The molecule has 0 saturated carbocycles. The Kier molecular flexibility index (Phi) is 6.27. The van der Waals surface area contributed by atoms with Gasteiger partial charge in [0.1, 0.15) is 15.6 Å². The van der Waals surface area contributed by atoms with Crippen LogP contribution >= 0.6 is 0 Å². The Morgan fingerprint density at radius 2 is 1.96 bits per heavy atom. The van der Waals surface area contributed by atoms with Crippen molar-refractivity contribution in [1.82, 2.24) is 5.32 Å². The minimum atomic E-state index is -2.92. The van der Waals surface area contributed by atoms with Crippen molar-refractivity contribution in [2.24, 2.45) is 0 Å². The van der Waals surface area contributed by atoms with Crippen molar-refractivity contribution >= 4 is 15.7 Å². The summed E-state index contributed by atoms with van der Waals surface area (Å²) in [7, 11) is -2.92. The highest BCUT2D eigenvalue weighted by atomic mass is 32.2. The Balaban J connectivity index is 2.08. The Bertz CT molecular complexity index is 668. The second-order valence-corrected chi connectivity index (χ2v) is 8.96. The number of amides is 1. The molecule has 1 saturated heterocycles. The van der Waals surface area contributed by atoms with Crippen molar-refractivity contribution in [3.8, 4) is 5.75 Å². The number of nitrogens with one attached hydrogen (secondary N) is 1. The van der Waals surface area contributed by atoms with E-state index in [2.05, 4.69) is 26.1 Å². The van der Waals surface area contributed by atoms with Crippen molar-refractivity contribution in [1.29, 1.82) is 0 Å². The third kappa shape index (κ3) is 4.97. The number of benzene rings is 1. The maximum absolute atomic E-state index is 12.5. The van der Waals surface area contributed by atoms with Gasteiger partial charge in [-0.1, -0.05) is 20.8 Å². The Morgan fingerprint density at radius 1 is 1.29 bits per heavy atom. The first-order valence-corrected chi connectivity index (χ1v) is 10.4. The van der Waals surface area contributed by atoms with Gasteiger partial charge in [-0.15, -0.1) is 0 Å². The fourth-order valence-corrected chi connectivity index (χ4v) is 4.28. The van der Waals surface area contributed by atoms with Crippen LogP contribution in [0.15, 0.2) is 18.2 Å². The first-order chi connectivity index (χ1) is 11.3. The molecule has 24 heavy (non-hydrogen) atoms. The van der Waals surface area contributed by atoms with Gasteiger partial charge in [-0.05, 0) is 48.9 Å². The monoisotopic (exact) mass is 353 g/mol. The Labute approximate surface area is 144 Å². The van der Waals surface area contributed by atoms with E-state index < -0.39 is 9.84 Å². The largest absolute Gasteiger partial charge is 0.493 e. The molecule has 1 fully saturated rings. The summed E-state index contributed by atoms with van der Waals surface area (Å²) in [6.45, 7) is 6.85. The first-order valence-electron chi connectivity index (χ1n) is 8.60. The maximum Gasteiger partial charge on any atom is 0.251 e. The summed E-state index contributed by atoms with van der Waals surface area (Å²) in [5.41, 5.74) is 1.61. The van der Waals surface area contributed by atoms with Crippen LogP contribution in [0.3, 0.4) is 0 Å². The van der Waals surface area contributed by atoms with Crippen LogP contribution in [0.1, 0.15) is 61.9 Å². The smallest absolute Gasteiger partial charge is 0.251 e. The van der Waals surface area contributed by atoms with Crippen LogP contribution in [0, 0.1) is 0 Å². The minimum absolute atomic E-state index is 0.0699. The van der Waals surface area contributed by atoms with E-state index in [0.717, 1.165) is 17.7 Å². The van der Waals surface area contributed by atoms with E-state index >= 15 is 0 Å². The minimum Gasteiger partial charge on any atom is -0.493 e. The van der Waals surface area contributed by atoms with Gasteiger partial charge >= 0.3 is 0 Å². The number of sulfone groups is 1. The van der Waals surface area contributed by atoms with Gasteiger partial charge in [0.15, 0.2) is 0 Å². The molecule has 0 aliphatic carbocycles. The quantitative estimate of drug-likeness (QED) is 0.853. The molecule has 0 radical (unpaired) electrons. The lowest BCUT2D eigenvalue weighted by atomic mass is 9.99. The van der Waals surface area contributed by atoms with E-state index in [9.17, 15) is 13.2 Å². The number of hydrogen-bond acceptors (Lipinski definition) is 4. The van der Waals surface area contributed by atoms with Crippen LogP contribution < -0.4 is 10.1 Å². The second-order valence-electron chi connectivity index (χ2n) is 6.66. The number of carbonyl (C=O) groups excluding carboxylic acids is 1. The van der Waals surface area contributed by atoms with Crippen LogP contribution in [0.2, 0.25) is 0 Å². The molecule has 0 atom stereocenters. The summed E-state index contributed by atoms with van der Waals surface area (Å²) >= 11 is 0. The molecule has 1 heterocycles. The molecule has 1 aliphatic rings. The molecule has 1 aromatic rings. The highest BCUT2D eigenvalue weighted by Crippen LogP contribution is 2.28. The summed E-state index contributed by atoms with van der Waals surface area (Å²) in [5.74, 6) is 1.23. The van der Waals surface area contributed by atoms with Crippen LogP contribution in [0.4, 0.5) is 0 Å². The number of carbonyl (C=O) groups is 1. The van der Waals surface area contributed by atoms with Crippen molar-refractivity contribution in [3.63, 3.8) is 0 Å². The van der Waals surface area contributed by atoms with Crippen LogP contribution in [0.5, 0.6) is 5.75 Å². The standard InChI is InChI=1S/C18H27NO4S/c1-4-9-23-17-6-5-14(12-16(17)13(2)3)18(20)19-15-7-10-24(21,22)11-8-15/h5-6,12-13,15H,4,7-11H2,1-3H3,(H,19,20). The van der Waals surface area contributed by atoms with E-state index in [1.54, 1.807) is 6.07 Å². The lowest BCUT2D eigenvalue weighted by Crippen LogP contribution is -2.40. The van der Waals surface area contributed by atoms with E-state index in [-0.39, 0.29) is 29.4 Å². The molecule has 6 heteroatoms. The summed E-state index contributed by atoms with van der Waals surface area (Å²) in [5, 5.41) is 2.96. The van der Waals surface area contributed by atoms with Gasteiger partial charge in [-0.2, -0.15) is 0 Å². The molecule has 0 aromatic heterocycles. The van der Waals surface area contributed by atoms with Crippen molar-refractivity contribution < 1.29 is 17.9 Å². The molecule has 1 N–H and O–H groups in total. The van der Waals surface area contributed by atoms with Gasteiger partial charge in [-0.3, -0.25) is 4.79 Å². The zero-order valence-corrected chi connectivity index (χ0v) is 15.5. The van der Waals surface area contributed by atoms with Crippen molar-refractivity contribution in [2.45, 2.75) is 52.0 Å². The molecule has 134 valence electrons. The normalized spacial score (nSPS) is 17.7. The van der Waals surface area contributed by atoms with Gasteiger partial charge < -0.3 is 10.1 Å². The molecule has 5 nitrogen and oxygen atoms in total. The van der Waals surface area contributed by atoms with Crippen LogP contribution in [0.25, 0.3) is 0 Å². The van der Waals surface area contributed by atoms with E-state index in [1.807, 2.05) is 12.1 Å². The predicted molar refractivity (Wildman–Crippen MR) is 95.5 cm³/mol. The fraction of sp³-hybridized carbons (Fsp3) is 0.611. The molecule has 1 aromatic carbocycles. The van der Waals surface area contributed by atoms with Crippen molar-refractivity contribution in [2.75, 3.05) is 18.1 Å². The predicted octanol–water partition coefficient (Wildman–Crippen LogP) is 2.91. The fourth-order valence-electron chi connectivity index (χ4n) is 2.79. The van der Waals surface area contributed by atoms with E-state index in [4.69, 9.17) is 4.74 Å². The molecule has 1 aliphatic heterocycles. The highest BCUT2D eigenvalue weighted by Gasteiger charge is 2.25. The van der Waals surface area contributed by atoms with Crippen LogP contribution in [-0.2, 0) is 9.84 Å². The summed E-state index contributed by atoms with van der Waals surface area (Å²) < 4.78 is 28.7. The molecular formula is C18H27NO4S. The molecular weight excluding hydrogens is 326 g/mol. The Hall–Kier alpha value is -1.56. The molecule has 0 bridgehead atoms. The lowest BCUT2D eigenvalue weighted by molar-refractivity contribution is 0.0934. The zero-order chi connectivity index (χ0) is 17.7. The topological polar surface area (TPSA) is 72.5 Å². The number of hydrogen-bond donors (Lipinski definition) is 1. The molecule has 0 spiro atoms. The Morgan fingerprint density at radius 3 is 2.54 bits per heavy atom. The van der Waals surface area contributed by atoms with Gasteiger partial charge in [0.05, 0.1) is 18.1 Å². The third-order valence-corrected chi connectivity index (χ3v) is 5.96. The first kappa shape index (κ1) is 18.8. The SMILES string of the molecule is CCCOc1ccc(C(=O)NC2CCS(=O)(=O)CC2)cc1C(C)C. The van der Waals surface area contributed by atoms with Gasteiger partial charge in [0.25, 0.3) is 5.91 Å². The zero-order valence-electron chi connectivity index (χ0n) is 14.7. The van der Waals surface area contributed by atoms with Gasteiger partial charge in [0, 0.05) is 11.6 Å². The number of rotatable bonds is 6. The third-order valence-electron chi connectivity index (χ3n) is 4.25. The average Bonchev–Trinajstić information content (AvgIpc) is 2.54. The maximum atomic E-state index is 12.5. The second kappa shape index (κ2) is 8.01. The lowest BCUT2D eigenvalue weighted by Gasteiger charge is -2.23. The summed E-state index contributed by atoms with van der Waals surface area (Å²) in [4.78, 5) is 12.5. The number of ether oxygens (including phenoxy) is 1. The van der Waals surface area contributed by atoms with Crippen molar-refractivity contribution in [3.05, 3.63) is 29.3 Å².